The highest BCUT2D eigenvalue weighted by Crippen LogP contribution is 2.25. The van der Waals surface area contributed by atoms with E-state index in [1.54, 1.807) is 6.92 Å². The molecule has 128 valence electrons. The molecule has 0 aromatic heterocycles. The summed E-state index contributed by atoms with van der Waals surface area (Å²) in [6.07, 6.45) is -4.47. The molecule has 1 aliphatic rings. The van der Waals surface area contributed by atoms with Gasteiger partial charge in [0.25, 0.3) is 10.2 Å². The summed E-state index contributed by atoms with van der Waals surface area (Å²) in [5.41, 5.74) is 0. The number of alkyl halides is 3. The van der Waals surface area contributed by atoms with Crippen LogP contribution in [-0.4, -0.2) is 76.2 Å². The first-order chi connectivity index (χ1) is 9.18. The van der Waals surface area contributed by atoms with Gasteiger partial charge in [-0.05, 0) is 0 Å². The van der Waals surface area contributed by atoms with Crippen LogP contribution in [0.1, 0.15) is 6.92 Å². The summed E-state index contributed by atoms with van der Waals surface area (Å²) < 4.78 is 65.5. The molecule has 21 heavy (non-hydrogen) atoms. The second kappa shape index (κ2) is 8.49. The van der Waals surface area contributed by atoms with E-state index in [-0.39, 0.29) is 32.0 Å². The molecule has 0 amide bonds. The van der Waals surface area contributed by atoms with E-state index in [1.165, 1.54) is 11.9 Å². The van der Waals surface area contributed by atoms with Gasteiger partial charge in [-0.3, -0.25) is 4.90 Å². The molecule has 2 N–H and O–H groups in total. The minimum absolute atomic E-state index is 0. The predicted octanol–water partition coefficient (Wildman–Crippen LogP) is 0.0304. The highest BCUT2D eigenvalue weighted by Gasteiger charge is 2.44. The number of nitrogens with zero attached hydrogens (tertiary/aromatic N) is 2. The Morgan fingerprint density at radius 1 is 1.33 bits per heavy atom. The SMILES string of the molecule is CCN(C)S(=O)(=O)NCC(N1CCNCC1)C(F)(F)F.Cl. The Labute approximate surface area is 129 Å². The molecule has 1 saturated heterocycles. The zero-order valence-electron chi connectivity index (χ0n) is 12.0. The van der Waals surface area contributed by atoms with Crippen LogP contribution in [0.25, 0.3) is 0 Å². The van der Waals surface area contributed by atoms with Crippen LogP contribution in [0.15, 0.2) is 0 Å². The number of rotatable bonds is 6. The molecule has 0 spiro atoms. The Morgan fingerprint density at radius 2 is 1.86 bits per heavy atom. The second-order valence-corrected chi connectivity index (χ2v) is 6.47. The lowest BCUT2D eigenvalue weighted by molar-refractivity contribution is -0.182. The van der Waals surface area contributed by atoms with Gasteiger partial charge in [0.1, 0.15) is 6.04 Å². The average molecular weight is 355 g/mol. The van der Waals surface area contributed by atoms with Crippen molar-refractivity contribution >= 4 is 22.6 Å². The zero-order chi connectivity index (χ0) is 15.4. The molecule has 1 unspecified atom stereocenters. The van der Waals surface area contributed by atoms with Crippen LogP contribution >= 0.6 is 12.4 Å². The largest absolute Gasteiger partial charge is 0.405 e. The molecule has 0 radical (unpaired) electrons. The van der Waals surface area contributed by atoms with Gasteiger partial charge >= 0.3 is 6.18 Å². The van der Waals surface area contributed by atoms with E-state index in [9.17, 15) is 21.6 Å². The quantitative estimate of drug-likeness (QED) is 0.706. The van der Waals surface area contributed by atoms with Crippen LogP contribution in [0.4, 0.5) is 13.2 Å². The third kappa shape index (κ3) is 6.25. The molecule has 1 rings (SSSR count). The predicted molar refractivity (Wildman–Crippen MR) is 76.8 cm³/mol. The molecule has 6 nitrogen and oxygen atoms in total. The van der Waals surface area contributed by atoms with Crippen molar-refractivity contribution < 1.29 is 21.6 Å². The fourth-order valence-electron chi connectivity index (χ4n) is 1.91. The first kappa shape index (κ1) is 20.9. The van der Waals surface area contributed by atoms with Gasteiger partial charge in [-0.25, -0.2) is 4.72 Å². The average Bonchev–Trinajstić information content (AvgIpc) is 2.37. The van der Waals surface area contributed by atoms with Gasteiger partial charge in [0.2, 0.25) is 0 Å². The molecule has 0 aromatic rings. The Hall–Kier alpha value is -0.130. The van der Waals surface area contributed by atoms with Crippen LogP contribution < -0.4 is 10.0 Å². The Bertz CT molecular complexity index is 402. The van der Waals surface area contributed by atoms with Crippen molar-refractivity contribution in [2.45, 2.75) is 19.1 Å². The van der Waals surface area contributed by atoms with Gasteiger partial charge < -0.3 is 5.32 Å². The van der Waals surface area contributed by atoms with Gasteiger partial charge in [0.05, 0.1) is 0 Å². The van der Waals surface area contributed by atoms with Crippen LogP contribution in [0, 0.1) is 0 Å². The molecule has 0 aromatic carbocycles. The van der Waals surface area contributed by atoms with Gasteiger partial charge in [-0.2, -0.15) is 25.9 Å². The minimum atomic E-state index is -4.47. The fraction of sp³-hybridized carbons (Fsp3) is 1.00. The second-order valence-electron chi connectivity index (χ2n) is 4.61. The maximum Gasteiger partial charge on any atom is 0.405 e. The highest BCUT2D eigenvalue weighted by molar-refractivity contribution is 7.87. The molecular weight excluding hydrogens is 333 g/mol. The Kier molecular flexibility index (Phi) is 8.44. The summed E-state index contributed by atoms with van der Waals surface area (Å²) in [5.74, 6) is 0. The summed E-state index contributed by atoms with van der Waals surface area (Å²) in [5, 5.41) is 2.96. The smallest absolute Gasteiger partial charge is 0.314 e. The van der Waals surface area contributed by atoms with Crippen molar-refractivity contribution in [3.8, 4) is 0 Å². The fourth-order valence-corrected chi connectivity index (χ4v) is 2.84. The van der Waals surface area contributed by atoms with E-state index in [1.807, 2.05) is 4.72 Å². The third-order valence-electron chi connectivity index (χ3n) is 3.28. The van der Waals surface area contributed by atoms with E-state index < -0.39 is 29.0 Å². The summed E-state index contributed by atoms with van der Waals surface area (Å²) in [6.45, 7) is 2.56. The topological polar surface area (TPSA) is 64.7 Å². The van der Waals surface area contributed by atoms with Crippen molar-refractivity contribution in [2.24, 2.45) is 0 Å². The highest BCUT2D eigenvalue weighted by atomic mass is 35.5. The maximum absolute atomic E-state index is 13.1. The molecule has 0 aliphatic carbocycles. The van der Waals surface area contributed by atoms with Crippen molar-refractivity contribution in [1.29, 1.82) is 0 Å². The van der Waals surface area contributed by atoms with Gasteiger partial charge in [-0.1, -0.05) is 6.92 Å². The molecule has 1 atom stereocenters. The summed E-state index contributed by atoms with van der Waals surface area (Å²) in [7, 11) is -2.55. The Balaban J connectivity index is 0.00000400. The van der Waals surface area contributed by atoms with Crippen LogP contribution in [0.2, 0.25) is 0 Å². The number of hydrogen-bond donors (Lipinski definition) is 2. The van der Waals surface area contributed by atoms with E-state index in [2.05, 4.69) is 5.32 Å². The van der Waals surface area contributed by atoms with E-state index in [4.69, 9.17) is 0 Å². The number of piperazine rings is 1. The minimum Gasteiger partial charge on any atom is -0.314 e. The van der Waals surface area contributed by atoms with Crippen LogP contribution in [0.3, 0.4) is 0 Å². The lowest BCUT2D eigenvalue weighted by Crippen LogP contribution is -2.58. The maximum atomic E-state index is 13.1. The molecule has 0 bridgehead atoms. The molecule has 11 heteroatoms. The molecule has 0 saturated carbocycles. The van der Waals surface area contributed by atoms with Crippen molar-refractivity contribution in [2.75, 3.05) is 46.3 Å². The van der Waals surface area contributed by atoms with Gasteiger partial charge in [0.15, 0.2) is 0 Å². The Morgan fingerprint density at radius 3 is 2.29 bits per heavy atom. The molecular formula is C10H22ClF3N4O2S. The van der Waals surface area contributed by atoms with Gasteiger partial charge in [0, 0.05) is 46.3 Å². The standard InChI is InChI=1S/C10H21F3N4O2S.ClH/c1-3-16(2)20(18,19)15-8-9(10(11,12)13)17-6-4-14-5-7-17;/h9,14-15H,3-8H2,1-2H3;1H. The number of halogens is 4. The summed E-state index contributed by atoms with van der Waals surface area (Å²) >= 11 is 0. The van der Waals surface area contributed by atoms with Crippen molar-refractivity contribution in [1.82, 2.24) is 19.2 Å². The van der Waals surface area contributed by atoms with Gasteiger partial charge in [-0.15, -0.1) is 12.4 Å². The van der Waals surface area contributed by atoms with Crippen LogP contribution in [0.5, 0.6) is 0 Å². The normalized spacial score (nSPS) is 19.3. The van der Waals surface area contributed by atoms with E-state index >= 15 is 0 Å². The first-order valence-electron chi connectivity index (χ1n) is 6.41. The third-order valence-corrected chi connectivity index (χ3v) is 4.90. The van der Waals surface area contributed by atoms with Crippen molar-refractivity contribution in [3.05, 3.63) is 0 Å². The lowest BCUT2D eigenvalue weighted by atomic mass is 10.2. The molecule has 1 fully saturated rings. The summed E-state index contributed by atoms with van der Waals surface area (Å²) in [4.78, 5) is 1.25. The monoisotopic (exact) mass is 354 g/mol. The number of nitrogens with one attached hydrogen (secondary N) is 2. The first-order valence-corrected chi connectivity index (χ1v) is 7.85. The zero-order valence-corrected chi connectivity index (χ0v) is 13.6. The molecule has 1 heterocycles. The van der Waals surface area contributed by atoms with Crippen molar-refractivity contribution in [3.63, 3.8) is 0 Å². The van der Waals surface area contributed by atoms with Crippen LogP contribution in [-0.2, 0) is 10.2 Å². The van der Waals surface area contributed by atoms with E-state index in [0.29, 0.717) is 13.1 Å². The molecule has 1 aliphatic heterocycles. The number of hydrogen-bond acceptors (Lipinski definition) is 4. The lowest BCUT2D eigenvalue weighted by Gasteiger charge is -2.36. The van der Waals surface area contributed by atoms with E-state index in [0.717, 1.165) is 4.31 Å². The summed E-state index contributed by atoms with van der Waals surface area (Å²) in [6, 6.07) is -1.80.